The van der Waals surface area contributed by atoms with Gasteiger partial charge < -0.3 is 15.5 Å². The molecule has 0 amide bonds. The Kier molecular flexibility index (Phi) is 4.18. The van der Waals surface area contributed by atoms with Gasteiger partial charge in [-0.3, -0.25) is 4.79 Å². The highest BCUT2D eigenvalue weighted by Gasteiger charge is 2.21. The van der Waals surface area contributed by atoms with E-state index < -0.39 is 5.97 Å². The zero-order valence-electron chi connectivity index (χ0n) is 7.70. The van der Waals surface area contributed by atoms with Crippen LogP contribution in [0.25, 0.3) is 0 Å². The number of carboxylic acid groups (broad SMARTS) is 1. The second-order valence-corrected chi connectivity index (χ2v) is 3.59. The van der Waals surface area contributed by atoms with Gasteiger partial charge in [-0.05, 0) is 38.3 Å². The molecule has 0 aromatic rings. The lowest BCUT2D eigenvalue weighted by molar-refractivity contribution is -0.137. The van der Waals surface area contributed by atoms with E-state index in [1.807, 2.05) is 0 Å². The molecule has 0 radical (unpaired) electrons. The van der Waals surface area contributed by atoms with Crippen LogP contribution in [0.1, 0.15) is 25.7 Å². The average molecular weight is 187 g/mol. The quantitative estimate of drug-likeness (QED) is 0.591. The number of hydrogen-bond acceptors (Lipinski definition) is 3. The molecule has 0 aromatic heterocycles. The summed E-state index contributed by atoms with van der Waals surface area (Å²) < 4.78 is 0. The van der Waals surface area contributed by atoms with Crippen LogP contribution in [0.2, 0.25) is 0 Å². The van der Waals surface area contributed by atoms with Crippen LogP contribution in [0.4, 0.5) is 0 Å². The number of aliphatic carboxylic acids is 1. The van der Waals surface area contributed by atoms with Gasteiger partial charge in [0.05, 0.1) is 6.10 Å². The molecule has 0 saturated carbocycles. The maximum absolute atomic E-state index is 10.3. The Labute approximate surface area is 78.0 Å². The number of aliphatic hydroxyl groups excluding tert-OH is 1. The lowest BCUT2D eigenvalue weighted by atomic mass is 9.92. The van der Waals surface area contributed by atoms with Crippen LogP contribution in [0.3, 0.4) is 0 Å². The lowest BCUT2D eigenvalue weighted by Crippen LogP contribution is -2.20. The maximum atomic E-state index is 10.3. The van der Waals surface area contributed by atoms with E-state index in [1.165, 1.54) is 0 Å². The molecule has 4 heteroatoms. The standard InChI is InChI=1S/C9H17NO3/c11-8-4-6-10-5-3-7(8)1-2-9(12)13/h7-8,10-11H,1-6H2,(H,12,13)/t7-,8-/m0/s1. The Morgan fingerprint density at radius 1 is 1.38 bits per heavy atom. The number of nitrogens with one attached hydrogen (secondary N) is 1. The first-order chi connectivity index (χ1) is 6.20. The van der Waals surface area contributed by atoms with Crippen LogP contribution < -0.4 is 5.32 Å². The Bertz CT molecular complexity index is 172. The molecule has 76 valence electrons. The fourth-order valence-corrected chi connectivity index (χ4v) is 1.74. The molecule has 1 aliphatic heterocycles. The van der Waals surface area contributed by atoms with Crippen LogP contribution in [-0.4, -0.2) is 35.4 Å². The van der Waals surface area contributed by atoms with E-state index in [2.05, 4.69) is 5.32 Å². The minimum Gasteiger partial charge on any atom is -0.481 e. The molecule has 0 bridgehead atoms. The van der Waals surface area contributed by atoms with Gasteiger partial charge in [0.25, 0.3) is 0 Å². The van der Waals surface area contributed by atoms with Crippen molar-refractivity contribution in [3.63, 3.8) is 0 Å². The van der Waals surface area contributed by atoms with Gasteiger partial charge in [0.1, 0.15) is 0 Å². The maximum Gasteiger partial charge on any atom is 0.303 e. The fraction of sp³-hybridized carbons (Fsp3) is 0.889. The molecule has 0 aromatic carbocycles. The molecule has 3 N–H and O–H groups in total. The van der Waals surface area contributed by atoms with Gasteiger partial charge in [-0.25, -0.2) is 0 Å². The summed E-state index contributed by atoms with van der Waals surface area (Å²) in [5.41, 5.74) is 0. The molecule has 1 heterocycles. The molecule has 13 heavy (non-hydrogen) atoms. The first-order valence-corrected chi connectivity index (χ1v) is 4.80. The third kappa shape index (κ3) is 3.74. The van der Waals surface area contributed by atoms with Gasteiger partial charge in [0.2, 0.25) is 0 Å². The van der Waals surface area contributed by atoms with Crippen LogP contribution >= 0.6 is 0 Å². The summed E-state index contributed by atoms with van der Waals surface area (Å²) in [5.74, 6) is -0.615. The van der Waals surface area contributed by atoms with Crippen molar-refractivity contribution in [3.05, 3.63) is 0 Å². The molecule has 2 atom stereocenters. The number of aliphatic hydroxyl groups is 1. The van der Waals surface area contributed by atoms with Gasteiger partial charge in [-0.2, -0.15) is 0 Å². The van der Waals surface area contributed by atoms with Gasteiger partial charge in [0, 0.05) is 6.42 Å². The first kappa shape index (κ1) is 10.5. The van der Waals surface area contributed by atoms with Crippen LogP contribution in [0.5, 0.6) is 0 Å². The lowest BCUT2D eigenvalue weighted by Gasteiger charge is -2.18. The summed E-state index contributed by atoms with van der Waals surface area (Å²) in [7, 11) is 0. The second-order valence-electron chi connectivity index (χ2n) is 3.59. The van der Waals surface area contributed by atoms with Crippen molar-refractivity contribution >= 4 is 5.97 Å². The highest BCUT2D eigenvalue weighted by atomic mass is 16.4. The molecule has 1 aliphatic rings. The zero-order valence-corrected chi connectivity index (χ0v) is 7.70. The summed E-state index contributed by atoms with van der Waals surface area (Å²) in [4.78, 5) is 10.3. The molecule has 1 saturated heterocycles. The highest BCUT2D eigenvalue weighted by Crippen LogP contribution is 2.19. The van der Waals surface area contributed by atoms with Crippen molar-refractivity contribution in [2.45, 2.75) is 31.8 Å². The SMILES string of the molecule is O=C(O)CC[C@H]1CCNCC[C@@H]1O. The van der Waals surface area contributed by atoms with Gasteiger partial charge >= 0.3 is 5.97 Å². The summed E-state index contributed by atoms with van der Waals surface area (Å²) in [6.45, 7) is 1.73. The van der Waals surface area contributed by atoms with Crippen molar-refractivity contribution < 1.29 is 15.0 Å². The topological polar surface area (TPSA) is 69.6 Å². The molecule has 1 fully saturated rings. The molecule has 0 aliphatic carbocycles. The van der Waals surface area contributed by atoms with E-state index in [9.17, 15) is 9.90 Å². The van der Waals surface area contributed by atoms with Gasteiger partial charge in [-0.15, -0.1) is 0 Å². The predicted molar refractivity (Wildman–Crippen MR) is 48.5 cm³/mol. The third-order valence-electron chi connectivity index (χ3n) is 2.58. The van der Waals surface area contributed by atoms with E-state index in [0.29, 0.717) is 6.42 Å². The summed E-state index contributed by atoms with van der Waals surface area (Å²) >= 11 is 0. The van der Waals surface area contributed by atoms with Crippen molar-refractivity contribution in [1.29, 1.82) is 0 Å². The van der Waals surface area contributed by atoms with Crippen LogP contribution in [0, 0.1) is 5.92 Å². The Morgan fingerprint density at radius 3 is 2.77 bits per heavy atom. The third-order valence-corrected chi connectivity index (χ3v) is 2.58. The normalized spacial score (nSPS) is 29.6. The van der Waals surface area contributed by atoms with E-state index in [-0.39, 0.29) is 18.4 Å². The predicted octanol–water partition coefficient (Wildman–Crippen LogP) is 0.212. The summed E-state index contributed by atoms with van der Waals surface area (Å²) in [6.07, 6.45) is 2.06. The van der Waals surface area contributed by atoms with E-state index >= 15 is 0 Å². The fourth-order valence-electron chi connectivity index (χ4n) is 1.74. The molecular weight excluding hydrogens is 170 g/mol. The number of carbonyl (C=O) groups is 1. The molecule has 1 rings (SSSR count). The Morgan fingerprint density at radius 2 is 2.08 bits per heavy atom. The van der Waals surface area contributed by atoms with E-state index in [1.54, 1.807) is 0 Å². The number of rotatable bonds is 3. The van der Waals surface area contributed by atoms with Crippen molar-refractivity contribution in [1.82, 2.24) is 5.32 Å². The molecule has 0 unspecified atom stereocenters. The van der Waals surface area contributed by atoms with Crippen LogP contribution in [-0.2, 0) is 4.79 Å². The number of carboxylic acids is 1. The Hall–Kier alpha value is -0.610. The first-order valence-electron chi connectivity index (χ1n) is 4.80. The Balaban J connectivity index is 2.31. The minimum atomic E-state index is -0.774. The monoisotopic (exact) mass is 187 g/mol. The van der Waals surface area contributed by atoms with Crippen molar-refractivity contribution in [2.24, 2.45) is 5.92 Å². The molecule has 0 spiro atoms. The van der Waals surface area contributed by atoms with Gasteiger partial charge in [-0.1, -0.05) is 0 Å². The second kappa shape index (κ2) is 5.19. The number of hydrogen-bond donors (Lipinski definition) is 3. The summed E-state index contributed by atoms with van der Waals surface area (Å²) in [6, 6.07) is 0. The highest BCUT2D eigenvalue weighted by molar-refractivity contribution is 5.66. The average Bonchev–Trinajstić information content (AvgIpc) is 2.27. The summed E-state index contributed by atoms with van der Waals surface area (Å²) in [5, 5.41) is 21.3. The molecule has 4 nitrogen and oxygen atoms in total. The van der Waals surface area contributed by atoms with Crippen molar-refractivity contribution in [3.8, 4) is 0 Å². The largest absolute Gasteiger partial charge is 0.481 e. The van der Waals surface area contributed by atoms with E-state index in [0.717, 1.165) is 25.9 Å². The smallest absolute Gasteiger partial charge is 0.303 e. The van der Waals surface area contributed by atoms with Crippen LogP contribution in [0.15, 0.2) is 0 Å². The zero-order chi connectivity index (χ0) is 9.68. The minimum absolute atomic E-state index is 0.158. The van der Waals surface area contributed by atoms with Gasteiger partial charge in [0.15, 0.2) is 0 Å². The van der Waals surface area contributed by atoms with E-state index in [4.69, 9.17) is 5.11 Å². The molecular formula is C9H17NO3. The van der Waals surface area contributed by atoms with Crippen molar-refractivity contribution in [2.75, 3.05) is 13.1 Å².